The molecule has 6 heteroatoms. The largest absolute Gasteiger partial charge is 0.321 e. The minimum absolute atomic E-state index is 0.00329. The van der Waals surface area contributed by atoms with Crippen LogP contribution in [0.15, 0.2) is 47.4 Å². The van der Waals surface area contributed by atoms with Crippen LogP contribution >= 0.6 is 11.8 Å². The highest BCUT2D eigenvalue weighted by Crippen LogP contribution is 2.27. The molecule has 0 heterocycles. The fourth-order valence-corrected chi connectivity index (χ4v) is 3.05. The predicted octanol–water partition coefficient (Wildman–Crippen LogP) is 4.66. The van der Waals surface area contributed by atoms with Gasteiger partial charge in [0.15, 0.2) is 0 Å². The van der Waals surface area contributed by atoms with Crippen LogP contribution in [0.2, 0.25) is 0 Å². The highest BCUT2D eigenvalue weighted by Gasteiger charge is 2.17. The summed E-state index contributed by atoms with van der Waals surface area (Å²) in [6.45, 7) is 3.72. The summed E-state index contributed by atoms with van der Waals surface area (Å²) in [5.74, 6) is 0.674. The maximum atomic E-state index is 12.5. The monoisotopic (exact) mass is 330 g/mol. The van der Waals surface area contributed by atoms with Gasteiger partial charge in [0, 0.05) is 11.0 Å². The Morgan fingerprint density at radius 3 is 2.65 bits per heavy atom. The van der Waals surface area contributed by atoms with Crippen LogP contribution in [-0.2, 0) is 0 Å². The topological polar surface area (TPSA) is 72.2 Å². The number of benzene rings is 2. The third-order valence-electron chi connectivity index (χ3n) is 3.34. The van der Waals surface area contributed by atoms with Gasteiger partial charge in [0.2, 0.25) is 0 Å². The molecule has 0 aliphatic heterocycles. The van der Waals surface area contributed by atoms with E-state index in [4.69, 9.17) is 0 Å². The summed E-state index contributed by atoms with van der Waals surface area (Å²) in [5, 5.41) is 13.8. The molecule has 0 bridgehead atoms. The van der Waals surface area contributed by atoms with E-state index in [1.807, 2.05) is 18.2 Å². The molecule has 0 unspecified atom stereocenters. The first-order valence-electron chi connectivity index (χ1n) is 7.31. The Bertz CT molecular complexity index is 732. The van der Waals surface area contributed by atoms with Crippen LogP contribution in [0, 0.1) is 17.0 Å². The Labute approximate surface area is 139 Å². The van der Waals surface area contributed by atoms with Gasteiger partial charge in [0.1, 0.15) is 0 Å². The molecule has 0 aromatic heterocycles. The first-order valence-corrected chi connectivity index (χ1v) is 8.30. The lowest BCUT2D eigenvalue weighted by molar-refractivity contribution is -0.385. The molecule has 1 N–H and O–H groups in total. The molecule has 2 rings (SSSR count). The van der Waals surface area contributed by atoms with E-state index >= 15 is 0 Å². The number of hydrogen-bond acceptors (Lipinski definition) is 4. The molecule has 0 spiro atoms. The second-order valence-electron chi connectivity index (χ2n) is 5.01. The molecule has 0 aliphatic rings. The lowest BCUT2D eigenvalue weighted by Gasteiger charge is -2.11. The third kappa shape index (κ3) is 4.10. The average molecular weight is 330 g/mol. The minimum Gasteiger partial charge on any atom is -0.321 e. The maximum absolute atomic E-state index is 12.5. The van der Waals surface area contributed by atoms with Crippen LogP contribution in [0.3, 0.4) is 0 Å². The summed E-state index contributed by atoms with van der Waals surface area (Å²) in [6.07, 6.45) is 1.02. The number of anilines is 1. The zero-order valence-corrected chi connectivity index (χ0v) is 13.9. The van der Waals surface area contributed by atoms with E-state index in [1.54, 1.807) is 36.9 Å². The second kappa shape index (κ2) is 7.78. The molecular formula is C17H18N2O3S. The van der Waals surface area contributed by atoms with Crippen molar-refractivity contribution >= 4 is 29.0 Å². The van der Waals surface area contributed by atoms with Gasteiger partial charge in [-0.25, -0.2) is 0 Å². The van der Waals surface area contributed by atoms with Crippen molar-refractivity contribution in [1.29, 1.82) is 0 Å². The Balaban J connectivity index is 2.27. The fraction of sp³-hybridized carbons (Fsp3) is 0.235. The summed E-state index contributed by atoms with van der Waals surface area (Å²) in [7, 11) is 0. The molecule has 0 aliphatic carbocycles. The number of rotatable bonds is 6. The Kier molecular flexibility index (Phi) is 5.76. The molecular weight excluding hydrogens is 312 g/mol. The number of nitro benzene ring substituents is 1. The van der Waals surface area contributed by atoms with Crippen molar-refractivity contribution in [1.82, 2.24) is 0 Å². The average Bonchev–Trinajstić information content (AvgIpc) is 2.54. The number of nitrogens with zero attached hydrogens (tertiary/aromatic N) is 1. The van der Waals surface area contributed by atoms with E-state index in [0.29, 0.717) is 16.8 Å². The summed E-state index contributed by atoms with van der Waals surface area (Å²) in [5.41, 5.74) is 1.48. The first-order chi connectivity index (χ1) is 11.0. The number of carbonyl (C=O) groups is 1. The van der Waals surface area contributed by atoms with Crippen LogP contribution < -0.4 is 5.32 Å². The Morgan fingerprint density at radius 2 is 1.96 bits per heavy atom. The number of nitro groups is 1. The third-order valence-corrected chi connectivity index (χ3v) is 4.62. The van der Waals surface area contributed by atoms with E-state index in [-0.39, 0.29) is 11.6 Å². The fourth-order valence-electron chi connectivity index (χ4n) is 2.14. The van der Waals surface area contributed by atoms with Crippen molar-refractivity contribution in [3.05, 3.63) is 63.7 Å². The van der Waals surface area contributed by atoms with Gasteiger partial charge in [-0.05, 0) is 37.3 Å². The summed E-state index contributed by atoms with van der Waals surface area (Å²) >= 11 is 1.63. The molecule has 0 fully saturated rings. The summed E-state index contributed by atoms with van der Waals surface area (Å²) in [4.78, 5) is 24.0. The zero-order valence-electron chi connectivity index (χ0n) is 13.0. The van der Waals surface area contributed by atoms with Gasteiger partial charge in [-0.1, -0.05) is 25.1 Å². The number of thioether (sulfide) groups is 1. The van der Waals surface area contributed by atoms with E-state index < -0.39 is 4.92 Å². The maximum Gasteiger partial charge on any atom is 0.274 e. The quantitative estimate of drug-likeness (QED) is 0.475. The van der Waals surface area contributed by atoms with Gasteiger partial charge in [-0.3, -0.25) is 14.9 Å². The highest BCUT2D eigenvalue weighted by molar-refractivity contribution is 7.99. The van der Waals surface area contributed by atoms with Crippen molar-refractivity contribution in [2.75, 3.05) is 11.1 Å². The lowest BCUT2D eigenvalue weighted by atomic mass is 10.1. The van der Waals surface area contributed by atoms with Gasteiger partial charge in [0.05, 0.1) is 21.7 Å². The number of amides is 1. The Hall–Kier alpha value is -2.34. The molecule has 1 amide bonds. The molecule has 0 saturated heterocycles. The minimum atomic E-state index is -0.448. The van der Waals surface area contributed by atoms with Crippen molar-refractivity contribution in [2.45, 2.75) is 25.2 Å². The SMILES string of the molecule is CCCSc1ccccc1C(=O)Nc1cccc([N+](=O)[O-])c1C. The number of hydrogen-bond donors (Lipinski definition) is 1. The van der Waals surface area contributed by atoms with Crippen molar-refractivity contribution in [3.63, 3.8) is 0 Å². The zero-order chi connectivity index (χ0) is 16.8. The second-order valence-corrected chi connectivity index (χ2v) is 6.14. The summed E-state index contributed by atoms with van der Waals surface area (Å²) in [6, 6.07) is 12.0. The number of carbonyl (C=O) groups excluding carboxylic acids is 1. The van der Waals surface area contributed by atoms with Crippen LogP contribution in [-0.4, -0.2) is 16.6 Å². The lowest BCUT2D eigenvalue weighted by Crippen LogP contribution is -2.14. The molecule has 2 aromatic carbocycles. The van der Waals surface area contributed by atoms with E-state index in [0.717, 1.165) is 17.1 Å². The molecule has 0 atom stereocenters. The van der Waals surface area contributed by atoms with E-state index in [2.05, 4.69) is 12.2 Å². The highest BCUT2D eigenvalue weighted by atomic mass is 32.2. The van der Waals surface area contributed by atoms with Gasteiger partial charge >= 0.3 is 0 Å². The van der Waals surface area contributed by atoms with Crippen LogP contribution in [0.25, 0.3) is 0 Å². The van der Waals surface area contributed by atoms with Gasteiger partial charge in [-0.15, -0.1) is 11.8 Å². The van der Waals surface area contributed by atoms with E-state index in [9.17, 15) is 14.9 Å². The Morgan fingerprint density at radius 1 is 1.22 bits per heavy atom. The van der Waals surface area contributed by atoms with Crippen LogP contribution in [0.4, 0.5) is 11.4 Å². The van der Waals surface area contributed by atoms with Crippen molar-refractivity contribution < 1.29 is 9.72 Å². The number of nitrogens with one attached hydrogen (secondary N) is 1. The van der Waals surface area contributed by atoms with Crippen molar-refractivity contribution in [2.24, 2.45) is 0 Å². The molecule has 5 nitrogen and oxygen atoms in total. The molecule has 0 radical (unpaired) electrons. The van der Waals surface area contributed by atoms with Gasteiger partial charge in [-0.2, -0.15) is 0 Å². The van der Waals surface area contributed by atoms with Gasteiger partial charge < -0.3 is 5.32 Å². The van der Waals surface area contributed by atoms with Crippen LogP contribution in [0.1, 0.15) is 29.3 Å². The summed E-state index contributed by atoms with van der Waals surface area (Å²) < 4.78 is 0. The molecule has 120 valence electrons. The molecule has 2 aromatic rings. The van der Waals surface area contributed by atoms with Gasteiger partial charge in [0.25, 0.3) is 11.6 Å². The van der Waals surface area contributed by atoms with Crippen molar-refractivity contribution in [3.8, 4) is 0 Å². The van der Waals surface area contributed by atoms with Crippen LogP contribution in [0.5, 0.6) is 0 Å². The first kappa shape index (κ1) is 17.0. The predicted molar refractivity (Wildman–Crippen MR) is 93.2 cm³/mol. The normalized spacial score (nSPS) is 10.3. The van der Waals surface area contributed by atoms with E-state index in [1.165, 1.54) is 6.07 Å². The molecule has 23 heavy (non-hydrogen) atoms. The smallest absolute Gasteiger partial charge is 0.274 e. The standard InChI is InChI=1S/C17H18N2O3S/c1-3-11-23-16-10-5-4-7-13(16)17(20)18-14-8-6-9-15(12(14)2)19(21)22/h4-10H,3,11H2,1-2H3,(H,18,20). The molecule has 0 saturated carbocycles.